The number of hydrogen-bond acceptors (Lipinski definition) is 1. The summed E-state index contributed by atoms with van der Waals surface area (Å²) in [7, 11) is 0. The lowest BCUT2D eigenvalue weighted by Gasteiger charge is -2.06. The molecule has 0 saturated heterocycles. The van der Waals surface area contributed by atoms with Gasteiger partial charge in [0, 0.05) is 12.1 Å². The Morgan fingerprint density at radius 2 is 1.89 bits per heavy atom. The molecule has 0 fully saturated rings. The third kappa shape index (κ3) is 1.80. The maximum atomic E-state index is 11.4. The first-order chi connectivity index (χ1) is 8.78. The molecule has 0 heterocycles. The molecule has 0 aliphatic heterocycles. The topological polar surface area (TPSA) is 29.1 Å². The van der Waals surface area contributed by atoms with Crippen LogP contribution in [0, 0.1) is 0 Å². The van der Waals surface area contributed by atoms with Gasteiger partial charge in [-0.05, 0) is 40.8 Å². The lowest BCUT2D eigenvalue weighted by Crippen LogP contribution is -2.09. The van der Waals surface area contributed by atoms with Crippen LogP contribution < -0.4 is 5.32 Å². The van der Waals surface area contributed by atoms with Gasteiger partial charge in [-0.1, -0.05) is 37.3 Å². The minimum Gasteiger partial charge on any atom is -0.326 e. The van der Waals surface area contributed by atoms with Gasteiger partial charge in [-0.25, -0.2) is 0 Å². The molecule has 0 aromatic heterocycles. The molecule has 2 aromatic carbocycles. The molecule has 0 bridgehead atoms. The minimum atomic E-state index is 0.0567. The van der Waals surface area contributed by atoms with Gasteiger partial charge in [-0.15, -0.1) is 0 Å². The quantitative estimate of drug-likeness (QED) is 0.724. The van der Waals surface area contributed by atoms with Crippen molar-refractivity contribution in [2.75, 3.05) is 5.32 Å². The molecule has 1 aliphatic carbocycles. The highest BCUT2D eigenvalue weighted by Crippen LogP contribution is 2.37. The van der Waals surface area contributed by atoms with E-state index in [1.165, 1.54) is 22.3 Å². The van der Waals surface area contributed by atoms with Gasteiger partial charge in [0.1, 0.15) is 0 Å². The first-order valence-corrected chi connectivity index (χ1v) is 6.29. The van der Waals surface area contributed by atoms with Crippen LogP contribution in [-0.2, 0) is 11.2 Å². The van der Waals surface area contributed by atoms with Crippen LogP contribution in [0.1, 0.15) is 24.5 Å². The Hall–Kier alpha value is -2.09. The number of benzene rings is 2. The van der Waals surface area contributed by atoms with Crippen LogP contribution >= 0.6 is 0 Å². The summed E-state index contributed by atoms with van der Waals surface area (Å²) >= 11 is 0. The Morgan fingerprint density at radius 1 is 1.11 bits per heavy atom. The lowest BCUT2D eigenvalue weighted by molar-refractivity contribution is -0.115. The van der Waals surface area contributed by atoms with Gasteiger partial charge in [0.2, 0.25) is 5.91 Å². The molecule has 2 heteroatoms. The highest BCUT2D eigenvalue weighted by atomic mass is 16.1. The number of nitrogens with one attached hydrogen (secondary N) is 1. The van der Waals surface area contributed by atoms with E-state index in [9.17, 15) is 4.79 Å². The van der Waals surface area contributed by atoms with Crippen molar-refractivity contribution in [1.82, 2.24) is 0 Å². The van der Waals surface area contributed by atoms with Gasteiger partial charge in [-0.2, -0.15) is 0 Å². The highest BCUT2D eigenvalue weighted by molar-refractivity contribution is 5.92. The molecular formula is C16H15NO. The van der Waals surface area contributed by atoms with Gasteiger partial charge in [0.05, 0.1) is 0 Å². The van der Waals surface area contributed by atoms with Gasteiger partial charge in [0.15, 0.2) is 0 Å². The van der Waals surface area contributed by atoms with Crippen LogP contribution in [-0.4, -0.2) is 5.91 Å². The predicted molar refractivity (Wildman–Crippen MR) is 73.6 cm³/mol. The summed E-state index contributed by atoms with van der Waals surface area (Å²) in [6, 6.07) is 14.6. The summed E-state index contributed by atoms with van der Waals surface area (Å²) in [5, 5.41) is 2.91. The fourth-order valence-corrected chi connectivity index (χ4v) is 2.45. The molecule has 2 aromatic rings. The SMILES string of the molecule is CCC(=O)Nc1ccc2c(c1)-c1ccccc1C2. The normalized spacial score (nSPS) is 11.8. The van der Waals surface area contributed by atoms with Crippen molar-refractivity contribution in [3.63, 3.8) is 0 Å². The third-order valence-electron chi connectivity index (χ3n) is 3.40. The van der Waals surface area contributed by atoms with E-state index in [0.29, 0.717) is 6.42 Å². The van der Waals surface area contributed by atoms with Crippen molar-refractivity contribution in [3.05, 3.63) is 53.6 Å². The molecule has 0 atom stereocenters. The smallest absolute Gasteiger partial charge is 0.224 e. The molecule has 2 nitrogen and oxygen atoms in total. The van der Waals surface area contributed by atoms with E-state index in [1.807, 2.05) is 13.0 Å². The first-order valence-electron chi connectivity index (χ1n) is 6.29. The largest absolute Gasteiger partial charge is 0.326 e. The number of carbonyl (C=O) groups excluding carboxylic acids is 1. The fourth-order valence-electron chi connectivity index (χ4n) is 2.45. The zero-order valence-corrected chi connectivity index (χ0v) is 10.4. The Kier molecular flexibility index (Phi) is 2.63. The Bertz CT molecular complexity index is 616. The fraction of sp³-hybridized carbons (Fsp3) is 0.188. The standard InChI is InChI=1S/C16H15NO/c1-2-16(18)17-13-8-7-12-9-11-5-3-4-6-14(11)15(12)10-13/h3-8,10H,2,9H2,1H3,(H,17,18). The van der Waals surface area contributed by atoms with Crippen molar-refractivity contribution >= 4 is 11.6 Å². The third-order valence-corrected chi connectivity index (χ3v) is 3.40. The zero-order valence-electron chi connectivity index (χ0n) is 10.4. The van der Waals surface area contributed by atoms with E-state index in [-0.39, 0.29) is 5.91 Å². The molecule has 1 amide bonds. The van der Waals surface area contributed by atoms with Gasteiger partial charge >= 0.3 is 0 Å². The van der Waals surface area contributed by atoms with E-state index >= 15 is 0 Å². The summed E-state index contributed by atoms with van der Waals surface area (Å²) in [5.74, 6) is 0.0567. The highest BCUT2D eigenvalue weighted by Gasteiger charge is 2.17. The van der Waals surface area contributed by atoms with Crippen molar-refractivity contribution in [1.29, 1.82) is 0 Å². The Balaban J connectivity index is 2.00. The molecule has 3 rings (SSSR count). The molecule has 18 heavy (non-hydrogen) atoms. The van der Waals surface area contributed by atoms with Crippen LogP contribution in [0.3, 0.4) is 0 Å². The Labute approximate surface area is 107 Å². The number of rotatable bonds is 2. The van der Waals surface area contributed by atoms with Crippen LogP contribution in [0.4, 0.5) is 5.69 Å². The van der Waals surface area contributed by atoms with Gasteiger partial charge in [0.25, 0.3) is 0 Å². The second-order valence-corrected chi connectivity index (χ2v) is 4.61. The lowest BCUT2D eigenvalue weighted by atomic mass is 10.1. The van der Waals surface area contributed by atoms with E-state index in [2.05, 4.69) is 41.7 Å². The van der Waals surface area contributed by atoms with E-state index in [4.69, 9.17) is 0 Å². The van der Waals surface area contributed by atoms with Crippen LogP contribution in [0.25, 0.3) is 11.1 Å². The molecular weight excluding hydrogens is 222 g/mol. The first kappa shape index (κ1) is 11.0. The van der Waals surface area contributed by atoms with E-state index in [0.717, 1.165) is 12.1 Å². The number of anilines is 1. The molecule has 1 N–H and O–H groups in total. The average Bonchev–Trinajstić information content (AvgIpc) is 2.77. The second kappa shape index (κ2) is 4.30. The summed E-state index contributed by atoms with van der Waals surface area (Å²) in [6.07, 6.45) is 1.50. The maximum absolute atomic E-state index is 11.4. The van der Waals surface area contributed by atoms with E-state index < -0.39 is 0 Å². The molecule has 1 aliphatic rings. The monoisotopic (exact) mass is 237 g/mol. The average molecular weight is 237 g/mol. The number of fused-ring (bicyclic) bond motifs is 3. The van der Waals surface area contributed by atoms with Crippen LogP contribution in [0.15, 0.2) is 42.5 Å². The zero-order chi connectivity index (χ0) is 12.5. The van der Waals surface area contributed by atoms with Crippen LogP contribution in [0.2, 0.25) is 0 Å². The van der Waals surface area contributed by atoms with Crippen molar-refractivity contribution in [2.24, 2.45) is 0 Å². The summed E-state index contributed by atoms with van der Waals surface area (Å²) in [6.45, 7) is 1.86. The van der Waals surface area contributed by atoms with Gasteiger partial charge < -0.3 is 5.32 Å². The number of hydrogen-bond donors (Lipinski definition) is 1. The van der Waals surface area contributed by atoms with Crippen molar-refractivity contribution < 1.29 is 4.79 Å². The van der Waals surface area contributed by atoms with Crippen molar-refractivity contribution in [3.8, 4) is 11.1 Å². The molecule has 0 radical (unpaired) electrons. The van der Waals surface area contributed by atoms with Crippen molar-refractivity contribution in [2.45, 2.75) is 19.8 Å². The summed E-state index contributed by atoms with van der Waals surface area (Å²) in [5.41, 5.74) is 6.13. The van der Waals surface area contributed by atoms with E-state index in [1.54, 1.807) is 0 Å². The minimum absolute atomic E-state index is 0.0567. The van der Waals surface area contributed by atoms with Crippen LogP contribution in [0.5, 0.6) is 0 Å². The van der Waals surface area contributed by atoms with Gasteiger partial charge in [-0.3, -0.25) is 4.79 Å². The Morgan fingerprint density at radius 3 is 2.72 bits per heavy atom. The second-order valence-electron chi connectivity index (χ2n) is 4.61. The molecule has 0 spiro atoms. The molecule has 0 unspecified atom stereocenters. The summed E-state index contributed by atoms with van der Waals surface area (Å²) in [4.78, 5) is 11.4. The predicted octanol–water partition coefficient (Wildman–Crippen LogP) is 3.61. The number of carbonyl (C=O) groups is 1. The summed E-state index contributed by atoms with van der Waals surface area (Å²) < 4.78 is 0. The maximum Gasteiger partial charge on any atom is 0.224 e. The number of amides is 1. The molecule has 0 saturated carbocycles. The molecule has 90 valence electrons.